The van der Waals surface area contributed by atoms with Gasteiger partial charge in [0.2, 0.25) is 17.7 Å². The number of hydrogen-bond donors (Lipinski definition) is 4. The monoisotopic (exact) mass is 551 g/mol. The Morgan fingerprint density at radius 1 is 1.02 bits per heavy atom. The fraction of sp³-hybridized carbons (Fsp3) is 0.500. The van der Waals surface area contributed by atoms with Crippen LogP contribution in [-0.4, -0.2) is 59.9 Å². The Hall–Kier alpha value is -3.95. The maximum absolute atomic E-state index is 13.3. The van der Waals surface area contributed by atoms with Crippen molar-refractivity contribution in [3.8, 4) is 5.75 Å². The standard InChI is InChI=1S/C30H41N5O5/c1-19(2)17-24-30(39)35-25(20(3)4)18-40-26-11-6-5-10-22(26)28(37)34-23(12-13-27(36)33-24)29(38)32-16-14-21-9-7-8-15-31-21/h5-11,15,19-20,23-25H,12-14,16-18H2,1-4H3,(H,32,38)(H,33,36)(H,34,37)(H,35,39)/t23-,24+,25+/m0/s1. The van der Waals surface area contributed by atoms with Crippen LogP contribution >= 0.6 is 0 Å². The first-order valence-corrected chi connectivity index (χ1v) is 13.9. The number of carbonyl (C=O) groups is 4. The van der Waals surface area contributed by atoms with Gasteiger partial charge in [0, 0.05) is 31.3 Å². The summed E-state index contributed by atoms with van der Waals surface area (Å²) in [5.41, 5.74) is 1.09. The predicted octanol–water partition coefficient (Wildman–Crippen LogP) is 2.38. The Balaban J connectivity index is 1.84. The second kappa shape index (κ2) is 15.0. The molecule has 4 N–H and O–H groups in total. The molecule has 216 valence electrons. The van der Waals surface area contributed by atoms with Crippen molar-refractivity contribution in [2.24, 2.45) is 11.8 Å². The number of ether oxygens (including phenoxy) is 1. The number of pyridine rings is 1. The lowest BCUT2D eigenvalue weighted by molar-refractivity contribution is -0.130. The van der Waals surface area contributed by atoms with E-state index in [1.807, 2.05) is 45.9 Å². The van der Waals surface area contributed by atoms with Gasteiger partial charge in [-0.3, -0.25) is 24.2 Å². The van der Waals surface area contributed by atoms with Crippen LogP contribution in [-0.2, 0) is 20.8 Å². The smallest absolute Gasteiger partial charge is 0.255 e. The van der Waals surface area contributed by atoms with Gasteiger partial charge in [-0.2, -0.15) is 0 Å². The fourth-order valence-corrected chi connectivity index (χ4v) is 4.38. The summed E-state index contributed by atoms with van der Waals surface area (Å²) in [4.78, 5) is 56.9. The van der Waals surface area contributed by atoms with Crippen molar-refractivity contribution < 1.29 is 23.9 Å². The first kappa shape index (κ1) is 30.6. The highest BCUT2D eigenvalue weighted by Crippen LogP contribution is 2.20. The molecule has 0 unspecified atom stereocenters. The zero-order valence-corrected chi connectivity index (χ0v) is 23.7. The summed E-state index contributed by atoms with van der Waals surface area (Å²) in [5.74, 6) is -1.00. The molecule has 1 aliphatic heterocycles. The molecule has 4 amide bonds. The van der Waals surface area contributed by atoms with Crippen molar-refractivity contribution in [3.63, 3.8) is 0 Å². The van der Waals surface area contributed by atoms with E-state index >= 15 is 0 Å². The number of hydrogen-bond acceptors (Lipinski definition) is 6. The zero-order chi connectivity index (χ0) is 29.1. The third kappa shape index (κ3) is 9.36. The quantitative estimate of drug-likeness (QED) is 0.417. The van der Waals surface area contributed by atoms with E-state index in [1.54, 1.807) is 30.5 Å². The molecule has 0 radical (unpaired) electrons. The van der Waals surface area contributed by atoms with Crippen molar-refractivity contribution in [1.82, 2.24) is 26.3 Å². The Morgan fingerprint density at radius 2 is 1.77 bits per heavy atom. The third-order valence-electron chi connectivity index (χ3n) is 6.73. The number of nitrogens with one attached hydrogen (secondary N) is 4. The van der Waals surface area contributed by atoms with E-state index in [9.17, 15) is 19.2 Å². The van der Waals surface area contributed by atoms with Crippen molar-refractivity contribution >= 4 is 23.6 Å². The number of para-hydroxylation sites is 1. The maximum Gasteiger partial charge on any atom is 0.255 e. The molecule has 0 spiro atoms. The Bertz CT molecular complexity index is 1150. The lowest BCUT2D eigenvalue weighted by Gasteiger charge is -2.27. The molecule has 0 saturated carbocycles. The number of carbonyl (C=O) groups excluding carboxylic acids is 4. The molecular weight excluding hydrogens is 510 g/mol. The van der Waals surface area contributed by atoms with Crippen LogP contribution in [0.15, 0.2) is 48.7 Å². The summed E-state index contributed by atoms with van der Waals surface area (Å²) in [6.45, 7) is 8.35. The minimum atomic E-state index is -0.971. The van der Waals surface area contributed by atoms with Crippen molar-refractivity contribution in [2.45, 2.75) is 71.5 Å². The van der Waals surface area contributed by atoms with Crippen molar-refractivity contribution in [2.75, 3.05) is 13.2 Å². The predicted molar refractivity (Wildman–Crippen MR) is 152 cm³/mol. The molecule has 3 atom stereocenters. The second-order valence-corrected chi connectivity index (χ2v) is 10.8. The molecule has 0 aliphatic carbocycles. The van der Waals surface area contributed by atoms with E-state index in [0.717, 1.165) is 5.69 Å². The third-order valence-corrected chi connectivity index (χ3v) is 6.73. The highest BCUT2D eigenvalue weighted by Gasteiger charge is 2.29. The highest BCUT2D eigenvalue weighted by atomic mass is 16.5. The largest absolute Gasteiger partial charge is 0.491 e. The van der Waals surface area contributed by atoms with E-state index < -0.39 is 23.9 Å². The summed E-state index contributed by atoms with van der Waals surface area (Å²) in [7, 11) is 0. The van der Waals surface area contributed by atoms with Gasteiger partial charge < -0.3 is 26.0 Å². The fourth-order valence-electron chi connectivity index (χ4n) is 4.38. The SMILES string of the molecule is CC(C)C[C@H]1NC(=O)CC[C@@H](C(=O)NCCc2ccccn2)NC(=O)c2ccccc2OC[C@H](C(C)C)NC1=O. The van der Waals surface area contributed by atoms with Crippen LogP contribution in [0.1, 0.15) is 63.0 Å². The molecule has 3 rings (SSSR count). The van der Waals surface area contributed by atoms with Gasteiger partial charge in [-0.05, 0) is 48.9 Å². The lowest BCUT2D eigenvalue weighted by atomic mass is 10.0. The number of amides is 4. The van der Waals surface area contributed by atoms with Gasteiger partial charge >= 0.3 is 0 Å². The van der Waals surface area contributed by atoms with Gasteiger partial charge in [0.15, 0.2) is 0 Å². The molecule has 40 heavy (non-hydrogen) atoms. The van der Waals surface area contributed by atoms with Crippen molar-refractivity contribution in [1.29, 1.82) is 0 Å². The van der Waals surface area contributed by atoms with Gasteiger partial charge in [-0.25, -0.2) is 0 Å². The maximum atomic E-state index is 13.3. The minimum absolute atomic E-state index is 0.0372. The first-order valence-electron chi connectivity index (χ1n) is 13.9. The molecule has 10 heteroatoms. The Labute approximate surface area is 236 Å². The lowest BCUT2D eigenvalue weighted by Crippen LogP contribution is -2.53. The summed E-state index contributed by atoms with van der Waals surface area (Å²) >= 11 is 0. The molecular formula is C30H41N5O5. The molecule has 2 heterocycles. The average molecular weight is 552 g/mol. The van der Waals surface area contributed by atoms with Crippen molar-refractivity contribution in [3.05, 3.63) is 59.9 Å². The molecule has 1 aromatic carbocycles. The number of nitrogens with zero attached hydrogens (tertiary/aromatic N) is 1. The summed E-state index contributed by atoms with van der Waals surface area (Å²) < 4.78 is 6.03. The van der Waals surface area contributed by atoms with E-state index in [2.05, 4.69) is 26.3 Å². The number of rotatable bonds is 7. The summed E-state index contributed by atoms with van der Waals surface area (Å²) in [5, 5.41) is 11.5. The Morgan fingerprint density at radius 3 is 2.48 bits per heavy atom. The first-order chi connectivity index (χ1) is 19.1. The van der Waals surface area contributed by atoms with Gasteiger partial charge in [0.1, 0.15) is 24.4 Å². The van der Waals surface area contributed by atoms with E-state index in [0.29, 0.717) is 25.1 Å². The topological polar surface area (TPSA) is 139 Å². The number of fused-ring (bicyclic) bond motifs is 1. The number of aromatic nitrogens is 1. The van der Waals surface area contributed by atoms with Crippen LogP contribution < -0.4 is 26.0 Å². The van der Waals surface area contributed by atoms with E-state index in [-0.39, 0.29) is 54.7 Å². The van der Waals surface area contributed by atoms with Crippen LogP contribution in [0.25, 0.3) is 0 Å². The molecule has 0 saturated heterocycles. The van der Waals surface area contributed by atoms with Crippen LogP contribution in [0.2, 0.25) is 0 Å². The molecule has 1 aromatic heterocycles. The average Bonchev–Trinajstić information content (AvgIpc) is 2.92. The van der Waals surface area contributed by atoms with Crippen LogP contribution in [0.4, 0.5) is 0 Å². The van der Waals surface area contributed by atoms with Gasteiger partial charge in [0.05, 0.1) is 11.6 Å². The van der Waals surface area contributed by atoms with Crippen LogP contribution in [0.5, 0.6) is 5.75 Å². The van der Waals surface area contributed by atoms with Crippen LogP contribution in [0.3, 0.4) is 0 Å². The van der Waals surface area contributed by atoms with E-state index in [4.69, 9.17) is 4.74 Å². The zero-order valence-electron chi connectivity index (χ0n) is 23.7. The summed E-state index contributed by atoms with van der Waals surface area (Å²) in [6, 6.07) is 10.3. The molecule has 0 bridgehead atoms. The second-order valence-electron chi connectivity index (χ2n) is 10.8. The summed E-state index contributed by atoms with van der Waals surface area (Å²) in [6.07, 6.45) is 2.67. The highest BCUT2D eigenvalue weighted by molar-refractivity contribution is 5.99. The molecule has 10 nitrogen and oxygen atoms in total. The molecule has 0 fully saturated rings. The van der Waals surface area contributed by atoms with Gasteiger partial charge in [0.25, 0.3) is 5.91 Å². The normalized spacial score (nSPS) is 20.8. The molecule has 2 aromatic rings. The van der Waals surface area contributed by atoms with Crippen LogP contribution in [0, 0.1) is 11.8 Å². The van der Waals surface area contributed by atoms with Gasteiger partial charge in [-0.1, -0.05) is 45.9 Å². The van der Waals surface area contributed by atoms with E-state index in [1.165, 1.54) is 0 Å². The number of benzene rings is 1. The molecule has 1 aliphatic rings. The minimum Gasteiger partial charge on any atom is -0.491 e. The van der Waals surface area contributed by atoms with Gasteiger partial charge in [-0.15, -0.1) is 0 Å². The Kier molecular flexibility index (Phi) is 11.5.